The maximum atomic E-state index is 11.2. The SMILES string of the molecule is C=CC1(CC(=O)OC)CCNCC1. The van der Waals surface area contributed by atoms with Crippen molar-refractivity contribution in [3.05, 3.63) is 12.7 Å². The number of hydrogen-bond acceptors (Lipinski definition) is 3. The molecule has 1 rings (SSSR count). The minimum Gasteiger partial charge on any atom is -0.469 e. The van der Waals surface area contributed by atoms with Crippen LogP contribution in [0.25, 0.3) is 0 Å². The molecule has 74 valence electrons. The van der Waals surface area contributed by atoms with Crippen molar-refractivity contribution < 1.29 is 9.53 Å². The van der Waals surface area contributed by atoms with E-state index in [4.69, 9.17) is 0 Å². The van der Waals surface area contributed by atoms with Gasteiger partial charge in [-0.15, -0.1) is 6.58 Å². The van der Waals surface area contributed by atoms with E-state index in [0.717, 1.165) is 25.9 Å². The highest BCUT2D eigenvalue weighted by molar-refractivity contribution is 5.70. The molecule has 0 saturated carbocycles. The van der Waals surface area contributed by atoms with Crippen molar-refractivity contribution in [3.8, 4) is 0 Å². The van der Waals surface area contributed by atoms with E-state index in [1.807, 2.05) is 6.08 Å². The number of nitrogens with one attached hydrogen (secondary N) is 1. The van der Waals surface area contributed by atoms with Gasteiger partial charge in [0.25, 0.3) is 0 Å². The summed E-state index contributed by atoms with van der Waals surface area (Å²) in [4.78, 5) is 11.2. The molecule has 0 unspecified atom stereocenters. The molecular formula is C10H17NO2. The third kappa shape index (κ3) is 2.56. The van der Waals surface area contributed by atoms with Gasteiger partial charge in [0.05, 0.1) is 13.5 Å². The molecule has 0 atom stereocenters. The molecule has 3 nitrogen and oxygen atoms in total. The minimum atomic E-state index is -0.137. The number of piperidine rings is 1. The molecule has 0 spiro atoms. The molecule has 0 aliphatic carbocycles. The lowest BCUT2D eigenvalue weighted by atomic mass is 9.76. The van der Waals surface area contributed by atoms with Crippen LogP contribution in [0.1, 0.15) is 19.3 Å². The van der Waals surface area contributed by atoms with Gasteiger partial charge in [-0.05, 0) is 25.9 Å². The van der Waals surface area contributed by atoms with E-state index in [-0.39, 0.29) is 11.4 Å². The number of carbonyl (C=O) groups is 1. The first-order valence-electron chi connectivity index (χ1n) is 4.63. The molecule has 1 aliphatic heterocycles. The Morgan fingerprint density at radius 1 is 1.62 bits per heavy atom. The van der Waals surface area contributed by atoms with Crippen molar-refractivity contribution in [1.29, 1.82) is 0 Å². The van der Waals surface area contributed by atoms with Crippen LogP contribution in [-0.2, 0) is 9.53 Å². The highest BCUT2D eigenvalue weighted by Crippen LogP contribution is 2.33. The van der Waals surface area contributed by atoms with E-state index < -0.39 is 0 Å². The largest absolute Gasteiger partial charge is 0.469 e. The zero-order chi connectivity index (χ0) is 9.73. The van der Waals surface area contributed by atoms with E-state index in [1.165, 1.54) is 7.11 Å². The Bertz CT molecular complexity index is 195. The Balaban J connectivity index is 2.57. The molecule has 0 amide bonds. The molecule has 0 bridgehead atoms. The summed E-state index contributed by atoms with van der Waals surface area (Å²) in [7, 11) is 1.43. The number of rotatable bonds is 3. The number of ether oxygens (including phenoxy) is 1. The summed E-state index contributed by atoms with van der Waals surface area (Å²) < 4.78 is 4.67. The third-order valence-electron chi connectivity index (χ3n) is 2.76. The molecule has 0 aromatic heterocycles. The molecule has 3 heteroatoms. The van der Waals surface area contributed by atoms with Crippen molar-refractivity contribution in [2.45, 2.75) is 19.3 Å². The molecule has 1 heterocycles. The van der Waals surface area contributed by atoms with Gasteiger partial charge in [0.15, 0.2) is 0 Å². The first-order chi connectivity index (χ1) is 6.22. The van der Waals surface area contributed by atoms with Crippen molar-refractivity contribution in [3.63, 3.8) is 0 Å². The van der Waals surface area contributed by atoms with Crippen LogP contribution in [-0.4, -0.2) is 26.2 Å². The minimum absolute atomic E-state index is 0.0294. The lowest BCUT2D eigenvalue weighted by Crippen LogP contribution is -2.37. The zero-order valence-corrected chi connectivity index (χ0v) is 8.14. The molecule has 0 aromatic carbocycles. The molecule has 1 N–H and O–H groups in total. The number of esters is 1. The normalized spacial score (nSPS) is 20.7. The van der Waals surface area contributed by atoms with Crippen LogP contribution in [0.5, 0.6) is 0 Å². The average molecular weight is 183 g/mol. The van der Waals surface area contributed by atoms with Crippen molar-refractivity contribution >= 4 is 5.97 Å². The number of carbonyl (C=O) groups excluding carboxylic acids is 1. The van der Waals surface area contributed by atoms with Gasteiger partial charge in [0.1, 0.15) is 0 Å². The van der Waals surface area contributed by atoms with Gasteiger partial charge in [0.2, 0.25) is 0 Å². The predicted octanol–water partition coefficient (Wildman–Crippen LogP) is 1.11. The number of allylic oxidation sites excluding steroid dienone is 1. The van der Waals surface area contributed by atoms with Crippen molar-refractivity contribution in [2.75, 3.05) is 20.2 Å². The highest BCUT2D eigenvalue weighted by Gasteiger charge is 2.31. The van der Waals surface area contributed by atoms with E-state index in [0.29, 0.717) is 6.42 Å². The van der Waals surface area contributed by atoms with Gasteiger partial charge in [-0.3, -0.25) is 4.79 Å². The number of methoxy groups -OCH3 is 1. The second kappa shape index (κ2) is 4.42. The first-order valence-corrected chi connectivity index (χ1v) is 4.63. The molecule has 1 saturated heterocycles. The molecule has 0 radical (unpaired) electrons. The first kappa shape index (κ1) is 10.3. The van der Waals surface area contributed by atoms with Crippen LogP contribution in [0.2, 0.25) is 0 Å². The van der Waals surface area contributed by atoms with Gasteiger partial charge in [-0.2, -0.15) is 0 Å². The van der Waals surface area contributed by atoms with Crippen molar-refractivity contribution in [2.24, 2.45) is 5.41 Å². The Kier molecular flexibility index (Phi) is 3.48. The van der Waals surface area contributed by atoms with Gasteiger partial charge >= 0.3 is 5.97 Å². The van der Waals surface area contributed by atoms with E-state index in [2.05, 4.69) is 16.6 Å². The highest BCUT2D eigenvalue weighted by atomic mass is 16.5. The van der Waals surface area contributed by atoms with Crippen LogP contribution < -0.4 is 5.32 Å². The zero-order valence-electron chi connectivity index (χ0n) is 8.14. The van der Waals surface area contributed by atoms with E-state index in [9.17, 15) is 4.79 Å². The monoisotopic (exact) mass is 183 g/mol. The fraction of sp³-hybridized carbons (Fsp3) is 0.700. The van der Waals surface area contributed by atoms with Gasteiger partial charge in [-0.25, -0.2) is 0 Å². The van der Waals surface area contributed by atoms with Gasteiger partial charge < -0.3 is 10.1 Å². The van der Waals surface area contributed by atoms with E-state index >= 15 is 0 Å². The lowest BCUT2D eigenvalue weighted by Gasteiger charge is -2.33. The Morgan fingerprint density at radius 3 is 2.69 bits per heavy atom. The summed E-state index contributed by atoms with van der Waals surface area (Å²) in [6.07, 6.45) is 4.33. The molecule has 1 aliphatic rings. The summed E-state index contributed by atoms with van der Waals surface area (Å²) in [6, 6.07) is 0. The summed E-state index contributed by atoms with van der Waals surface area (Å²) >= 11 is 0. The Hall–Kier alpha value is -0.830. The maximum Gasteiger partial charge on any atom is 0.306 e. The Labute approximate surface area is 79.2 Å². The lowest BCUT2D eigenvalue weighted by molar-refractivity contribution is -0.143. The van der Waals surface area contributed by atoms with Crippen LogP contribution in [0, 0.1) is 5.41 Å². The van der Waals surface area contributed by atoms with Crippen LogP contribution in [0.4, 0.5) is 0 Å². The topological polar surface area (TPSA) is 38.3 Å². The van der Waals surface area contributed by atoms with Gasteiger partial charge in [-0.1, -0.05) is 6.08 Å². The standard InChI is InChI=1S/C10H17NO2/c1-3-10(8-9(12)13-2)4-6-11-7-5-10/h3,11H,1,4-8H2,2H3. The smallest absolute Gasteiger partial charge is 0.306 e. The maximum absolute atomic E-state index is 11.2. The van der Waals surface area contributed by atoms with Crippen LogP contribution in [0.15, 0.2) is 12.7 Å². The predicted molar refractivity (Wildman–Crippen MR) is 51.4 cm³/mol. The van der Waals surface area contributed by atoms with E-state index in [1.54, 1.807) is 0 Å². The quantitative estimate of drug-likeness (QED) is 0.526. The summed E-state index contributed by atoms with van der Waals surface area (Å²) in [5, 5.41) is 3.27. The second-order valence-electron chi connectivity index (χ2n) is 3.57. The molecule has 13 heavy (non-hydrogen) atoms. The number of hydrogen-bond donors (Lipinski definition) is 1. The molecule has 0 aromatic rings. The third-order valence-corrected chi connectivity index (χ3v) is 2.76. The fourth-order valence-corrected chi connectivity index (χ4v) is 1.74. The van der Waals surface area contributed by atoms with Crippen LogP contribution in [0.3, 0.4) is 0 Å². The molecule has 1 fully saturated rings. The summed E-state index contributed by atoms with van der Waals surface area (Å²) in [5.74, 6) is -0.137. The second-order valence-corrected chi connectivity index (χ2v) is 3.57. The summed E-state index contributed by atoms with van der Waals surface area (Å²) in [6.45, 7) is 5.73. The summed E-state index contributed by atoms with van der Waals surface area (Å²) in [5.41, 5.74) is -0.0294. The van der Waals surface area contributed by atoms with Crippen molar-refractivity contribution in [1.82, 2.24) is 5.32 Å². The Morgan fingerprint density at radius 2 is 2.23 bits per heavy atom. The molecular weight excluding hydrogens is 166 g/mol. The fourth-order valence-electron chi connectivity index (χ4n) is 1.74. The average Bonchev–Trinajstić information content (AvgIpc) is 2.19. The van der Waals surface area contributed by atoms with Crippen LogP contribution >= 0.6 is 0 Å². The van der Waals surface area contributed by atoms with Gasteiger partial charge in [0, 0.05) is 5.41 Å².